The summed E-state index contributed by atoms with van der Waals surface area (Å²) >= 11 is 0. The number of halogens is 3. The Kier molecular flexibility index (Phi) is 6.02. The Morgan fingerprint density at radius 3 is 2.43 bits per heavy atom. The zero-order valence-corrected chi connectivity index (χ0v) is 18.8. The van der Waals surface area contributed by atoms with Crippen LogP contribution in [0.4, 0.5) is 24.5 Å². The summed E-state index contributed by atoms with van der Waals surface area (Å²) in [6, 6.07) is 22.2. The van der Waals surface area contributed by atoms with Gasteiger partial charge in [0, 0.05) is 16.9 Å². The molecule has 0 saturated heterocycles. The topological polar surface area (TPSA) is 75.9 Å². The van der Waals surface area contributed by atoms with Crippen LogP contribution in [0.2, 0.25) is 0 Å². The molecular weight excluding hydrogens is 455 g/mol. The second-order valence-corrected chi connectivity index (χ2v) is 8.96. The van der Waals surface area contributed by atoms with Gasteiger partial charge in [0.1, 0.15) is 0 Å². The third-order valence-electron chi connectivity index (χ3n) is 6.40. The van der Waals surface area contributed by atoms with Gasteiger partial charge in [0.2, 0.25) is 5.82 Å². The molecule has 35 heavy (non-hydrogen) atoms. The standard InChI is InChI=1S/C26H24F3N5O/c27-26(28,29)20-10-12-21(13-11-20)30-23-9-5-4-8-22(23)24-31-33-34(32-24)17-25(35)15-14-19(16-25)18-6-2-1-3-7-18/h1-13,19,30,35H,14-17H2. The lowest BCUT2D eigenvalue weighted by Crippen LogP contribution is -2.32. The molecule has 1 fully saturated rings. The number of anilines is 2. The molecule has 4 aromatic rings. The van der Waals surface area contributed by atoms with Crippen LogP contribution >= 0.6 is 0 Å². The van der Waals surface area contributed by atoms with E-state index in [1.165, 1.54) is 22.5 Å². The minimum absolute atomic E-state index is 0.234. The second-order valence-electron chi connectivity index (χ2n) is 8.96. The van der Waals surface area contributed by atoms with Gasteiger partial charge in [0.25, 0.3) is 0 Å². The lowest BCUT2D eigenvalue weighted by molar-refractivity contribution is -0.137. The Morgan fingerprint density at radius 1 is 0.971 bits per heavy atom. The Labute approximate surface area is 200 Å². The van der Waals surface area contributed by atoms with Crippen LogP contribution in [0.1, 0.15) is 36.3 Å². The fourth-order valence-electron chi connectivity index (χ4n) is 4.63. The number of hydrogen-bond donors (Lipinski definition) is 2. The fraction of sp³-hybridized carbons (Fsp3) is 0.269. The van der Waals surface area contributed by atoms with Gasteiger partial charge in [0.15, 0.2) is 0 Å². The lowest BCUT2D eigenvalue weighted by Gasteiger charge is -2.21. The van der Waals surface area contributed by atoms with Crippen molar-refractivity contribution in [1.82, 2.24) is 20.2 Å². The quantitative estimate of drug-likeness (QED) is 0.366. The van der Waals surface area contributed by atoms with Gasteiger partial charge >= 0.3 is 6.18 Å². The first-order valence-corrected chi connectivity index (χ1v) is 11.4. The largest absolute Gasteiger partial charge is 0.416 e. The third kappa shape index (κ3) is 5.19. The molecule has 2 unspecified atom stereocenters. The number of nitrogens with one attached hydrogen (secondary N) is 1. The minimum Gasteiger partial charge on any atom is -0.388 e. The Hall–Kier alpha value is -3.72. The van der Waals surface area contributed by atoms with Crippen LogP contribution in [0, 0.1) is 0 Å². The normalized spacial score (nSPS) is 20.2. The monoisotopic (exact) mass is 479 g/mol. The number of aliphatic hydroxyl groups is 1. The number of benzene rings is 3. The molecule has 3 aromatic carbocycles. The van der Waals surface area contributed by atoms with Gasteiger partial charge in [-0.1, -0.05) is 42.5 Å². The molecule has 5 rings (SSSR count). The molecule has 1 aliphatic carbocycles. The van der Waals surface area contributed by atoms with Crippen molar-refractivity contribution < 1.29 is 18.3 Å². The SMILES string of the molecule is OC1(Cn2nnc(-c3ccccc3Nc3ccc(C(F)(F)F)cc3)n2)CCC(c2ccccc2)C1. The van der Waals surface area contributed by atoms with Crippen molar-refractivity contribution >= 4 is 11.4 Å². The average Bonchev–Trinajstić information content (AvgIpc) is 3.46. The van der Waals surface area contributed by atoms with Crippen molar-refractivity contribution in [2.75, 3.05) is 5.32 Å². The van der Waals surface area contributed by atoms with Gasteiger partial charge in [-0.3, -0.25) is 0 Å². The Morgan fingerprint density at radius 2 is 1.69 bits per heavy atom. The van der Waals surface area contributed by atoms with Crippen LogP contribution < -0.4 is 5.32 Å². The van der Waals surface area contributed by atoms with Crippen LogP contribution in [0.5, 0.6) is 0 Å². The summed E-state index contributed by atoms with van der Waals surface area (Å²) in [5.74, 6) is 0.652. The molecule has 0 amide bonds. The van der Waals surface area contributed by atoms with E-state index in [2.05, 4.69) is 32.9 Å². The number of aromatic nitrogens is 4. The fourth-order valence-corrected chi connectivity index (χ4v) is 4.63. The van der Waals surface area contributed by atoms with E-state index in [1.54, 1.807) is 6.07 Å². The summed E-state index contributed by atoms with van der Waals surface area (Å²) in [6.07, 6.45) is -2.22. The van der Waals surface area contributed by atoms with E-state index in [0.29, 0.717) is 35.6 Å². The second kappa shape index (κ2) is 9.14. The number of rotatable bonds is 6. The van der Waals surface area contributed by atoms with Crippen LogP contribution in [0.25, 0.3) is 11.4 Å². The van der Waals surface area contributed by atoms with E-state index >= 15 is 0 Å². The molecule has 2 N–H and O–H groups in total. The predicted octanol–water partition coefficient (Wildman–Crippen LogP) is 5.80. The number of alkyl halides is 3. The van der Waals surface area contributed by atoms with Crippen LogP contribution in [-0.4, -0.2) is 30.9 Å². The zero-order valence-electron chi connectivity index (χ0n) is 18.8. The van der Waals surface area contributed by atoms with Crippen molar-refractivity contribution in [3.63, 3.8) is 0 Å². The number of hydrogen-bond acceptors (Lipinski definition) is 5. The maximum Gasteiger partial charge on any atom is 0.416 e. The molecule has 0 spiro atoms. The molecule has 9 heteroatoms. The van der Waals surface area contributed by atoms with Crippen molar-refractivity contribution in [3.8, 4) is 11.4 Å². The van der Waals surface area contributed by atoms with Crippen molar-refractivity contribution in [2.24, 2.45) is 0 Å². The minimum atomic E-state index is -4.39. The van der Waals surface area contributed by atoms with Crippen LogP contribution in [0.15, 0.2) is 78.9 Å². The molecule has 6 nitrogen and oxygen atoms in total. The smallest absolute Gasteiger partial charge is 0.388 e. The Balaban J connectivity index is 1.30. The summed E-state index contributed by atoms with van der Waals surface area (Å²) < 4.78 is 38.6. The highest BCUT2D eigenvalue weighted by molar-refractivity contribution is 5.77. The molecule has 0 radical (unpaired) electrons. The molecule has 1 aliphatic rings. The van der Waals surface area contributed by atoms with Gasteiger partial charge in [-0.15, -0.1) is 10.2 Å². The molecule has 1 heterocycles. The summed E-state index contributed by atoms with van der Waals surface area (Å²) in [5, 5.41) is 27.1. The highest BCUT2D eigenvalue weighted by Crippen LogP contribution is 2.41. The van der Waals surface area contributed by atoms with Crippen molar-refractivity contribution in [2.45, 2.75) is 43.5 Å². The first-order valence-electron chi connectivity index (χ1n) is 11.4. The molecule has 180 valence electrons. The van der Waals surface area contributed by atoms with E-state index in [1.807, 2.05) is 36.4 Å². The van der Waals surface area contributed by atoms with E-state index in [4.69, 9.17) is 0 Å². The van der Waals surface area contributed by atoms with Crippen LogP contribution in [0.3, 0.4) is 0 Å². The average molecular weight is 480 g/mol. The summed E-state index contributed by atoms with van der Waals surface area (Å²) in [5.41, 5.74) is 1.38. The molecule has 1 aromatic heterocycles. The van der Waals surface area contributed by atoms with Crippen molar-refractivity contribution in [1.29, 1.82) is 0 Å². The van der Waals surface area contributed by atoms with Gasteiger partial charge in [-0.2, -0.15) is 18.0 Å². The van der Waals surface area contributed by atoms with Crippen LogP contribution in [-0.2, 0) is 12.7 Å². The molecular formula is C26H24F3N5O. The van der Waals surface area contributed by atoms with E-state index in [-0.39, 0.29) is 12.5 Å². The molecule has 0 aliphatic heterocycles. The lowest BCUT2D eigenvalue weighted by atomic mass is 9.95. The third-order valence-corrected chi connectivity index (χ3v) is 6.40. The highest BCUT2D eigenvalue weighted by Gasteiger charge is 2.39. The Bertz CT molecular complexity index is 1290. The van der Waals surface area contributed by atoms with Gasteiger partial charge in [0.05, 0.1) is 17.7 Å². The summed E-state index contributed by atoms with van der Waals surface area (Å²) in [7, 11) is 0. The molecule has 2 atom stereocenters. The number of tetrazole rings is 1. The van der Waals surface area contributed by atoms with E-state index in [9.17, 15) is 18.3 Å². The molecule has 0 bridgehead atoms. The zero-order chi connectivity index (χ0) is 24.5. The first kappa shape index (κ1) is 23.0. The highest BCUT2D eigenvalue weighted by atomic mass is 19.4. The van der Waals surface area contributed by atoms with E-state index < -0.39 is 17.3 Å². The van der Waals surface area contributed by atoms with Crippen molar-refractivity contribution in [3.05, 3.63) is 90.0 Å². The first-order chi connectivity index (χ1) is 16.8. The number of nitrogens with zero attached hydrogens (tertiary/aromatic N) is 4. The maximum absolute atomic E-state index is 12.9. The summed E-state index contributed by atoms with van der Waals surface area (Å²) in [6.45, 7) is 0.234. The predicted molar refractivity (Wildman–Crippen MR) is 126 cm³/mol. The van der Waals surface area contributed by atoms with Gasteiger partial charge in [-0.05, 0) is 72.4 Å². The van der Waals surface area contributed by atoms with E-state index in [0.717, 1.165) is 18.6 Å². The number of para-hydroxylation sites is 1. The van der Waals surface area contributed by atoms with Gasteiger partial charge in [-0.25, -0.2) is 0 Å². The van der Waals surface area contributed by atoms with Gasteiger partial charge < -0.3 is 10.4 Å². The maximum atomic E-state index is 12.9. The molecule has 1 saturated carbocycles. The summed E-state index contributed by atoms with van der Waals surface area (Å²) in [4.78, 5) is 1.41.